The molecular weight excluding hydrogens is 429 g/mol. The van der Waals surface area contributed by atoms with E-state index in [1.165, 1.54) is 16.9 Å². The molecule has 0 spiro atoms. The van der Waals surface area contributed by atoms with Crippen LogP contribution in [0.15, 0.2) is 65.8 Å². The highest BCUT2D eigenvalue weighted by Gasteiger charge is 2.30. The number of halogens is 1. The Morgan fingerprint density at radius 2 is 2.06 bits per heavy atom. The summed E-state index contributed by atoms with van der Waals surface area (Å²) in [7, 11) is 0. The van der Waals surface area contributed by atoms with Gasteiger partial charge in [0.2, 0.25) is 0 Å². The van der Waals surface area contributed by atoms with Crippen molar-refractivity contribution in [3.8, 4) is 17.3 Å². The van der Waals surface area contributed by atoms with Crippen LogP contribution in [-0.4, -0.2) is 53.7 Å². The van der Waals surface area contributed by atoms with E-state index in [9.17, 15) is 9.18 Å². The van der Waals surface area contributed by atoms with Crippen molar-refractivity contribution in [1.82, 2.24) is 35.0 Å². The van der Waals surface area contributed by atoms with Gasteiger partial charge >= 0.3 is 0 Å². The molecule has 1 atom stereocenters. The highest BCUT2D eigenvalue weighted by Crippen LogP contribution is 2.22. The summed E-state index contributed by atoms with van der Waals surface area (Å²) in [5.74, 6) is -0.229. The predicted molar refractivity (Wildman–Crippen MR) is 112 cm³/mol. The molecule has 33 heavy (non-hydrogen) atoms. The Kier molecular flexibility index (Phi) is 5.35. The molecular formula is C22H18FN7O3. The number of nitrogens with zero attached hydrogens (tertiary/aromatic N) is 7. The monoisotopic (exact) mass is 447 g/mol. The number of carbonyl (C=O) groups excluding carboxylic acids is 1. The highest BCUT2D eigenvalue weighted by atomic mass is 19.1. The molecule has 0 saturated heterocycles. The molecule has 4 heterocycles. The normalized spacial score (nSPS) is 15.5. The van der Waals surface area contributed by atoms with Gasteiger partial charge in [0.15, 0.2) is 12.1 Å². The summed E-state index contributed by atoms with van der Waals surface area (Å²) in [6.45, 7) is 2.25. The van der Waals surface area contributed by atoms with Crippen LogP contribution in [0, 0.1) is 12.7 Å². The smallest absolute Gasteiger partial charge is 0.276 e. The summed E-state index contributed by atoms with van der Waals surface area (Å²) in [5.41, 5.74) is 2.28. The highest BCUT2D eigenvalue weighted by molar-refractivity contribution is 5.98. The Hall–Kier alpha value is -4.41. The summed E-state index contributed by atoms with van der Waals surface area (Å²) in [6.07, 6.45) is 6.99. The van der Waals surface area contributed by atoms with Crippen LogP contribution in [0.3, 0.4) is 0 Å². The van der Waals surface area contributed by atoms with Crippen LogP contribution in [0.2, 0.25) is 0 Å². The first kappa shape index (κ1) is 20.5. The molecule has 0 bridgehead atoms. The summed E-state index contributed by atoms with van der Waals surface area (Å²) in [6, 6.07) is 8.20. The van der Waals surface area contributed by atoms with E-state index >= 15 is 0 Å². The Bertz CT molecular complexity index is 1300. The Labute approximate surface area is 187 Å². The van der Waals surface area contributed by atoms with Gasteiger partial charge in [0.1, 0.15) is 11.5 Å². The van der Waals surface area contributed by atoms with Gasteiger partial charge in [-0.05, 0) is 37.3 Å². The van der Waals surface area contributed by atoms with Crippen LogP contribution in [0.4, 0.5) is 4.39 Å². The minimum Gasteiger partial charge on any atom is -0.478 e. The first-order valence-electron chi connectivity index (χ1n) is 10.1. The van der Waals surface area contributed by atoms with E-state index in [2.05, 4.69) is 25.3 Å². The fourth-order valence-electron chi connectivity index (χ4n) is 3.46. The maximum Gasteiger partial charge on any atom is 0.276 e. The van der Waals surface area contributed by atoms with E-state index in [0.717, 1.165) is 11.8 Å². The fourth-order valence-corrected chi connectivity index (χ4v) is 3.46. The third kappa shape index (κ3) is 4.20. The van der Waals surface area contributed by atoms with Gasteiger partial charge < -0.3 is 9.26 Å². The van der Waals surface area contributed by atoms with Gasteiger partial charge in [0.05, 0.1) is 42.5 Å². The van der Waals surface area contributed by atoms with E-state index in [4.69, 9.17) is 9.26 Å². The molecule has 0 N–H and O–H groups in total. The van der Waals surface area contributed by atoms with E-state index in [1.54, 1.807) is 41.8 Å². The molecule has 10 nitrogen and oxygen atoms in total. The second-order valence-corrected chi connectivity index (χ2v) is 7.34. The zero-order valence-corrected chi connectivity index (χ0v) is 17.5. The average molecular weight is 447 g/mol. The molecule has 166 valence electrons. The number of rotatable bonds is 5. The second-order valence-electron chi connectivity index (χ2n) is 7.34. The van der Waals surface area contributed by atoms with Gasteiger partial charge in [-0.3, -0.25) is 9.69 Å². The van der Waals surface area contributed by atoms with E-state index in [0.29, 0.717) is 29.3 Å². The van der Waals surface area contributed by atoms with Crippen LogP contribution in [-0.2, 0) is 11.2 Å². The molecule has 0 radical (unpaired) electrons. The number of pyridine rings is 1. The van der Waals surface area contributed by atoms with Crippen molar-refractivity contribution in [2.75, 3.05) is 6.54 Å². The second kappa shape index (κ2) is 8.61. The minimum atomic E-state index is -0.659. The summed E-state index contributed by atoms with van der Waals surface area (Å²) in [5, 5.41) is 12.3. The van der Waals surface area contributed by atoms with Crippen LogP contribution >= 0.6 is 0 Å². The van der Waals surface area contributed by atoms with Crippen LogP contribution < -0.4 is 0 Å². The minimum absolute atomic E-state index is 0.153. The molecule has 1 amide bonds. The fraction of sp³-hybridized carbons (Fsp3) is 0.182. The SMILES string of the molecule is Cc1ccc(-n2nccn2)c(C(=O)N2CC=COC2Cc2noc(-c3ccc(F)cn3)n2)c1. The number of hydrogen-bond acceptors (Lipinski definition) is 8. The van der Waals surface area contributed by atoms with Crippen molar-refractivity contribution < 1.29 is 18.4 Å². The molecule has 1 aliphatic heterocycles. The van der Waals surface area contributed by atoms with Gasteiger partial charge in [0.25, 0.3) is 11.8 Å². The number of carbonyl (C=O) groups is 1. The number of aryl methyl sites for hydroxylation is 1. The molecule has 4 aromatic rings. The third-order valence-corrected chi connectivity index (χ3v) is 5.03. The molecule has 1 aromatic carbocycles. The topological polar surface area (TPSA) is 112 Å². The molecule has 1 unspecified atom stereocenters. The van der Waals surface area contributed by atoms with Crippen molar-refractivity contribution in [3.63, 3.8) is 0 Å². The third-order valence-electron chi connectivity index (χ3n) is 5.03. The van der Waals surface area contributed by atoms with Crippen molar-refractivity contribution in [2.45, 2.75) is 19.6 Å². The largest absolute Gasteiger partial charge is 0.478 e. The van der Waals surface area contributed by atoms with Crippen molar-refractivity contribution in [1.29, 1.82) is 0 Å². The first-order chi connectivity index (χ1) is 16.1. The molecule has 0 saturated carbocycles. The van der Waals surface area contributed by atoms with Gasteiger partial charge in [-0.1, -0.05) is 16.8 Å². The van der Waals surface area contributed by atoms with Gasteiger partial charge in [-0.2, -0.15) is 20.0 Å². The average Bonchev–Trinajstić information content (AvgIpc) is 3.52. The van der Waals surface area contributed by atoms with Crippen molar-refractivity contribution in [2.24, 2.45) is 0 Å². The number of aromatic nitrogens is 6. The van der Waals surface area contributed by atoms with Crippen molar-refractivity contribution >= 4 is 5.91 Å². The quantitative estimate of drug-likeness (QED) is 0.459. The summed E-state index contributed by atoms with van der Waals surface area (Å²) in [4.78, 5) is 24.8. The summed E-state index contributed by atoms with van der Waals surface area (Å²) >= 11 is 0. The first-order valence-corrected chi connectivity index (χ1v) is 10.1. The molecule has 0 aliphatic carbocycles. The molecule has 11 heteroatoms. The molecule has 3 aromatic heterocycles. The molecule has 0 fully saturated rings. The predicted octanol–water partition coefficient (Wildman–Crippen LogP) is 2.71. The lowest BCUT2D eigenvalue weighted by Gasteiger charge is -2.32. The van der Waals surface area contributed by atoms with Gasteiger partial charge in [-0.15, -0.1) is 0 Å². The Balaban J connectivity index is 1.40. The number of hydrogen-bond donors (Lipinski definition) is 0. The lowest BCUT2D eigenvalue weighted by atomic mass is 10.1. The lowest BCUT2D eigenvalue weighted by Crippen LogP contribution is -2.45. The van der Waals surface area contributed by atoms with E-state index in [1.807, 2.05) is 13.0 Å². The number of ether oxygens (including phenoxy) is 1. The maximum atomic E-state index is 13.6. The Morgan fingerprint density at radius 1 is 1.21 bits per heavy atom. The van der Waals surface area contributed by atoms with Crippen LogP contribution in [0.1, 0.15) is 21.7 Å². The number of amides is 1. The number of benzene rings is 1. The molecule has 5 rings (SSSR count). The molecule has 1 aliphatic rings. The standard InChI is InChI=1S/C22H18FN7O3/c1-14-3-6-18(30-25-7-8-26-30)16(11-14)22(31)29-9-2-10-32-20(29)12-19-27-21(33-28-19)17-5-4-15(23)13-24-17/h2-8,10-11,13,20H,9,12H2,1H3. The zero-order valence-electron chi connectivity index (χ0n) is 17.5. The van der Waals surface area contributed by atoms with Crippen molar-refractivity contribution in [3.05, 3.63) is 84.0 Å². The van der Waals surface area contributed by atoms with Crippen LogP contribution in [0.25, 0.3) is 17.3 Å². The van der Waals surface area contributed by atoms with Gasteiger partial charge in [0, 0.05) is 6.54 Å². The lowest BCUT2D eigenvalue weighted by molar-refractivity contribution is -0.00736. The van der Waals surface area contributed by atoms with E-state index in [-0.39, 0.29) is 18.2 Å². The summed E-state index contributed by atoms with van der Waals surface area (Å²) < 4.78 is 24.1. The zero-order chi connectivity index (χ0) is 22.8. The van der Waals surface area contributed by atoms with E-state index < -0.39 is 12.0 Å². The van der Waals surface area contributed by atoms with Gasteiger partial charge in [-0.25, -0.2) is 9.37 Å². The Morgan fingerprint density at radius 3 is 2.85 bits per heavy atom. The maximum absolute atomic E-state index is 13.6. The van der Waals surface area contributed by atoms with Crippen LogP contribution in [0.5, 0.6) is 0 Å².